The van der Waals surface area contributed by atoms with Crippen LogP contribution in [0.4, 0.5) is 0 Å². The number of nitrogens with one attached hydrogen (secondary N) is 1. The highest BCUT2D eigenvalue weighted by atomic mass is 32.1. The van der Waals surface area contributed by atoms with Crippen molar-refractivity contribution >= 4 is 11.3 Å². The molecule has 1 unspecified atom stereocenters. The quantitative estimate of drug-likeness (QED) is 0.910. The molecule has 2 heterocycles. The summed E-state index contributed by atoms with van der Waals surface area (Å²) < 4.78 is 5.92. The van der Waals surface area contributed by atoms with E-state index in [1.807, 2.05) is 0 Å². The molecule has 1 aromatic carbocycles. The van der Waals surface area contributed by atoms with E-state index in [0.29, 0.717) is 0 Å². The number of fused-ring (bicyclic) bond motifs is 1. The number of thiophene rings is 1. The van der Waals surface area contributed by atoms with E-state index in [4.69, 9.17) is 4.74 Å². The van der Waals surface area contributed by atoms with Gasteiger partial charge in [0.25, 0.3) is 0 Å². The molecule has 2 aromatic rings. The summed E-state index contributed by atoms with van der Waals surface area (Å²) in [5.41, 5.74) is 2.66. The van der Waals surface area contributed by atoms with Crippen molar-refractivity contribution in [3.8, 4) is 5.75 Å². The van der Waals surface area contributed by atoms with E-state index in [2.05, 4.69) is 48.0 Å². The van der Waals surface area contributed by atoms with Crippen LogP contribution in [0.3, 0.4) is 0 Å². The van der Waals surface area contributed by atoms with Gasteiger partial charge in [-0.15, -0.1) is 11.3 Å². The molecule has 0 radical (unpaired) electrons. The van der Waals surface area contributed by atoms with Crippen LogP contribution in [0, 0.1) is 6.92 Å². The van der Waals surface area contributed by atoms with Crippen molar-refractivity contribution in [2.24, 2.45) is 0 Å². The van der Waals surface area contributed by atoms with Crippen molar-refractivity contribution in [2.75, 3.05) is 6.54 Å². The lowest BCUT2D eigenvalue weighted by atomic mass is 10.1. The summed E-state index contributed by atoms with van der Waals surface area (Å²) in [6.45, 7) is 3.97. The van der Waals surface area contributed by atoms with Gasteiger partial charge in [-0.2, -0.15) is 0 Å². The van der Waals surface area contributed by atoms with Crippen LogP contribution in [-0.4, -0.2) is 12.6 Å². The maximum absolute atomic E-state index is 5.92. The van der Waals surface area contributed by atoms with Crippen molar-refractivity contribution in [3.05, 3.63) is 51.7 Å². The van der Waals surface area contributed by atoms with Gasteiger partial charge in [0.05, 0.1) is 0 Å². The molecule has 1 aliphatic rings. The average Bonchev–Trinajstić information content (AvgIpc) is 2.97. The Morgan fingerprint density at radius 3 is 3.17 bits per heavy atom. The Hall–Kier alpha value is -1.32. The summed E-state index contributed by atoms with van der Waals surface area (Å²) in [5.74, 6) is 1.06. The predicted molar refractivity (Wildman–Crippen MR) is 75.3 cm³/mol. The van der Waals surface area contributed by atoms with Gasteiger partial charge in [0.15, 0.2) is 0 Å². The molecule has 0 fully saturated rings. The number of hydrogen-bond donors (Lipinski definition) is 1. The molecule has 3 rings (SSSR count). The van der Waals surface area contributed by atoms with E-state index in [1.165, 1.54) is 16.0 Å². The van der Waals surface area contributed by atoms with E-state index >= 15 is 0 Å². The van der Waals surface area contributed by atoms with Gasteiger partial charge in [0.1, 0.15) is 11.9 Å². The zero-order chi connectivity index (χ0) is 12.4. The van der Waals surface area contributed by atoms with Crippen LogP contribution in [0.15, 0.2) is 35.7 Å². The predicted octanol–water partition coefficient (Wildman–Crippen LogP) is 3.15. The zero-order valence-corrected chi connectivity index (χ0v) is 11.3. The van der Waals surface area contributed by atoms with Crippen LogP contribution in [0.25, 0.3) is 0 Å². The third kappa shape index (κ3) is 2.57. The lowest BCUT2D eigenvalue weighted by molar-refractivity contribution is 0.227. The van der Waals surface area contributed by atoms with Gasteiger partial charge in [0, 0.05) is 24.4 Å². The summed E-state index contributed by atoms with van der Waals surface area (Å²) in [7, 11) is 0. The Morgan fingerprint density at radius 2 is 2.33 bits per heavy atom. The standard InChI is InChI=1S/C15H17NOS/c1-11-4-5-15-12(7-11)8-13(17-15)9-16-10-14-3-2-6-18-14/h2-7,13,16H,8-10H2,1H3. The van der Waals surface area contributed by atoms with Crippen molar-refractivity contribution in [1.29, 1.82) is 0 Å². The lowest BCUT2D eigenvalue weighted by Gasteiger charge is -2.11. The first-order valence-corrected chi connectivity index (χ1v) is 7.18. The third-order valence-electron chi connectivity index (χ3n) is 3.21. The van der Waals surface area contributed by atoms with Crippen LogP contribution in [-0.2, 0) is 13.0 Å². The molecule has 1 aromatic heterocycles. The Labute approximate surface area is 112 Å². The molecule has 94 valence electrons. The molecule has 1 atom stereocenters. The van der Waals surface area contributed by atoms with Crippen molar-refractivity contribution in [2.45, 2.75) is 26.0 Å². The minimum atomic E-state index is 0.279. The smallest absolute Gasteiger partial charge is 0.123 e. The minimum Gasteiger partial charge on any atom is -0.488 e. The third-order valence-corrected chi connectivity index (χ3v) is 4.08. The zero-order valence-electron chi connectivity index (χ0n) is 10.5. The largest absolute Gasteiger partial charge is 0.488 e. The second kappa shape index (κ2) is 5.12. The summed E-state index contributed by atoms with van der Waals surface area (Å²) in [5, 5.41) is 5.58. The molecular formula is C15H17NOS. The SMILES string of the molecule is Cc1ccc2c(c1)CC(CNCc1cccs1)O2. The fourth-order valence-electron chi connectivity index (χ4n) is 2.33. The van der Waals surface area contributed by atoms with E-state index in [1.54, 1.807) is 11.3 Å². The first-order valence-electron chi connectivity index (χ1n) is 6.30. The number of hydrogen-bond acceptors (Lipinski definition) is 3. The first kappa shape index (κ1) is 11.8. The van der Waals surface area contributed by atoms with Crippen LogP contribution < -0.4 is 10.1 Å². The topological polar surface area (TPSA) is 21.3 Å². The van der Waals surface area contributed by atoms with Gasteiger partial charge < -0.3 is 10.1 Å². The summed E-state index contributed by atoms with van der Waals surface area (Å²) >= 11 is 1.79. The van der Waals surface area contributed by atoms with Gasteiger partial charge >= 0.3 is 0 Å². The van der Waals surface area contributed by atoms with Crippen molar-refractivity contribution in [3.63, 3.8) is 0 Å². The number of rotatable bonds is 4. The Kier molecular flexibility index (Phi) is 3.35. The second-order valence-corrected chi connectivity index (χ2v) is 5.80. The molecule has 1 N–H and O–H groups in total. The molecule has 0 spiro atoms. The average molecular weight is 259 g/mol. The Bertz CT molecular complexity index is 521. The van der Waals surface area contributed by atoms with E-state index < -0.39 is 0 Å². The molecule has 0 amide bonds. The second-order valence-electron chi connectivity index (χ2n) is 4.77. The van der Waals surface area contributed by atoms with Gasteiger partial charge in [-0.25, -0.2) is 0 Å². The van der Waals surface area contributed by atoms with Gasteiger partial charge in [-0.05, 0) is 30.0 Å². The number of ether oxygens (including phenoxy) is 1. The van der Waals surface area contributed by atoms with Crippen molar-refractivity contribution in [1.82, 2.24) is 5.32 Å². The summed E-state index contributed by atoms with van der Waals surface area (Å²) in [4.78, 5) is 1.38. The molecule has 3 heteroatoms. The highest BCUT2D eigenvalue weighted by Gasteiger charge is 2.22. The summed E-state index contributed by atoms with van der Waals surface area (Å²) in [6, 6.07) is 10.7. The highest BCUT2D eigenvalue weighted by Crippen LogP contribution is 2.29. The molecule has 0 bridgehead atoms. The number of benzene rings is 1. The minimum absolute atomic E-state index is 0.279. The van der Waals surface area contributed by atoms with Crippen LogP contribution in [0.1, 0.15) is 16.0 Å². The monoisotopic (exact) mass is 259 g/mol. The van der Waals surface area contributed by atoms with Crippen LogP contribution in [0.2, 0.25) is 0 Å². The normalized spacial score (nSPS) is 17.5. The fourth-order valence-corrected chi connectivity index (χ4v) is 3.01. The molecule has 18 heavy (non-hydrogen) atoms. The van der Waals surface area contributed by atoms with E-state index in [-0.39, 0.29) is 6.10 Å². The molecule has 0 saturated carbocycles. The first-order chi connectivity index (χ1) is 8.81. The fraction of sp³-hybridized carbons (Fsp3) is 0.333. The van der Waals surface area contributed by atoms with Crippen molar-refractivity contribution < 1.29 is 4.74 Å². The highest BCUT2D eigenvalue weighted by molar-refractivity contribution is 7.09. The molecule has 1 aliphatic heterocycles. The summed E-state index contributed by atoms with van der Waals surface area (Å²) in [6.07, 6.45) is 1.30. The lowest BCUT2D eigenvalue weighted by Crippen LogP contribution is -2.29. The van der Waals surface area contributed by atoms with Gasteiger partial charge in [-0.1, -0.05) is 23.8 Å². The molecule has 0 aliphatic carbocycles. The van der Waals surface area contributed by atoms with Gasteiger partial charge in [0.2, 0.25) is 0 Å². The molecule has 2 nitrogen and oxygen atoms in total. The maximum atomic E-state index is 5.92. The maximum Gasteiger partial charge on any atom is 0.123 e. The van der Waals surface area contributed by atoms with Gasteiger partial charge in [-0.3, -0.25) is 0 Å². The van der Waals surface area contributed by atoms with E-state index in [9.17, 15) is 0 Å². The molecular weight excluding hydrogens is 242 g/mol. The Morgan fingerprint density at radius 1 is 1.39 bits per heavy atom. The van der Waals surface area contributed by atoms with Crippen LogP contribution in [0.5, 0.6) is 5.75 Å². The number of aryl methyl sites for hydroxylation is 1. The van der Waals surface area contributed by atoms with Crippen LogP contribution >= 0.6 is 11.3 Å². The van der Waals surface area contributed by atoms with E-state index in [0.717, 1.165) is 25.3 Å². The Balaban J connectivity index is 1.52. The molecule has 0 saturated heterocycles.